The molecule has 0 radical (unpaired) electrons. The van der Waals surface area contributed by atoms with Crippen LogP contribution in [0.25, 0.3) is 10.2 Å². The number of carbonyl (C=O) groups is 1. The van der Waals surface area contributed by atoms with Crippen LogP contribution in [0.5, 0.6) is 0 Å². The maximum absolute atomic E-state index is 13.7. The molecule has 0 bridgehead atoms. The minimum absolute atomic E-state index is 0.0481. The number of pyridine rings is 1. The molecular formula is C22H17F2N3OS. The van der Waals surface area contributed by atoms with Crippen molar-refractivity contribution in [2.45, 2.75) is 20.4 Å². The van der Waals surface area contributed by atoms with E-state index in [1.807, 2.05) is 32.0 Å². The lowest BCUT2D eigenvalue weighted by Gasteiger charge is -2.19. The third kappa shape index (κ3) is 3.73. The molecule has 0 spiro atoms. The third-order valence-electron chi connectivity index (χ3n) is 4.76. The van der Waals surface area contributed by atoms with Gasteiger partial charge in [-0.3, -0.25) is 14.7 Å². The number of anilines is 1. The minimum Gasteiger partial charge on any atom is -0.278 e. The van der Waals surface area contributed by atoms with Crippen molar-refractivity contribution >= 4 is 32.6 Å². The summed E-state index contributed by atoms with van der Waals surface area (Å²) in [5.74, 6) is -2.53. The van der Waals surface area contributed by atoms with E-state index in [4.69, 9.17) is 0 Å². The normalized spacial score (nSPS) is 11.0. The van der Waals surface area contributed by atoms with Crippen molar-refractivity contribution in [1.82, 2.24) is 9.97 Å². The Bertz CT molecular complexity index is 1210. The molecular weight excluding hydrogens is 392 g/mol. The van der Waals surface area contributed by atoms with E-state index in [-0.39, 0.29) is 12.1 Å². The fourth-order valence-electron chi connectivity index (χ4n) is 2.99. The van der Waals surface area contributed by atoms with Gasteiger partial charge in [-0.25, -0.2) is 13.8 Å². The SMILES string of the molecule is Cc1ccc2sc(N(Cc3ccccn3)C(=O)c3ccc(F)c(F)c3)nc2c1C. The predicted octanol–water partition coefficient (Wildman–Crippen LogP) is 5.43. The molecule has 0 aliphatic heterocycles. The molecule has 0 N–H and O–H groups in total. The van der Waals surface area contributed by atoms with Crippen LogP contribution >= 0.6 is 11.3 Å². The van der Waals surface area contributed by atoms with Gasteiger partial charge in [0.1, 0.15) is 0 Å². The van der Waals surface area contributed by atoms with E-state index >= 15 is 0 Å². The predicted molar refractivity (Wildman–Crippen MR) is 110 cm³/mol. The molecule has 2 aromatic carbocycles. The minimum atomic E-state index is -1.07. The summed E-state index contributed by atoms with van der Waals surface area (Å²) in [5.41, 5.74) is 3.69. The average Bonchev–Trinajstić information content (AvgIpc) is 3.16. The Morgan fingerprint density at radius 2 is 1.90 bits per heavy atom. The van der Waals surface area contributed by atoms with Crippen molar-refractivity contribution in [3.8, 4) is 0 Å². The molecule has 0 saturated carbocycles. The third-order valence-corrected chi connectivity index (χ3v) is 5.81. The quantitative estimate of drug-likeness (QED) is 0.451. The Hall–Kier alpha value is -3.19. The highest BCUT2D eigenvalue weighted by Gasteiger charge is 2.23. The van der Waals surface area contributed by atoms with Gasteiger partial charge < -0.3 is 0 Å². The van der Waals surface area contributed by atoms with Crippen molar-refractivity contribution in [2.75, 3.05) is 4.90 Å². The smallest absolute Gasteiger partial charge is 0.260 e. The van der Waals surface area contributed by atoms with Crippen LogP contribution in [0.15, 0.2) is 54.7 Å². The van der Waals surface area contributed by atoms with Gasteiger partial charge in [0, 0.05) is 11.8 Å². The number of amides is 1. The molecule has 1 amide bonds. The second-order valence-corrected chi connectivity index (χ2v) is 7.70. The Morgan fingerprint density at radius 3 is 2.62 bits per heavy atom. The van der Waals surface area contributed by atoms with E-state index in [0.29, 0.717) is 10.8 Å². The van der Waals surface area contributed by atoms with Gasteiger partial charge in [-0.1, -0.05) is 23.5 Å². The molecule has 29 heavy (non-hydrogen) atoms. The maximum Gasteiger partial charge on any atom is 0.260 e. The molecule has 0 saturated heterocycles. The molecule has 7 heteroatoms. The second kappa shape index (κ2) is 7.67. The van der Waals surface area contributed by atoms with Crippen LogP contribution in [-0.2, 0) is 6.54 Å². The van der Waals surface area contributed by atoms with E-state index in [0.717, 1.165) is 33.5 Å². The summed E-state index contributed by atoms with van der Waals surface area (Å²) in [6.45, 7) is 4.16. The van der Waals surface area contributed by atoms with Gasteiger partial charge in [-0.2, -0.15) is 0 Å². The molecule has 4 rings (SSSR count). The molecule has 4 aromatic rings. The van der Waals surface area contributed by atoms with Gasteiger partial charge in [-0.05, 0) is 61.4 Å². The van der Waals surface area contributed by atoms with Gasteiger partial charge in [-0.15, -0.1) is 0 Å². The van der Waals surface area contributed by atoms with Crippen LogP contribution in [-0.4, -0.2) is 15.9 Å². The number of halogens is 2. The van der Waals surface area contributed by atoms with E-state index in [1.165, 1.54) is 22.3 Å². The Labute approximate surface area is 170 Å². The van der Waals surface area contributed by atoms with Crippen molar-refractivity contribution in [3.63, 3.8) is 0 Å². The molecule has 4 nitrogen and oxygen atoms in total. The number of aryl methyl sites for hydroxylation is 2. The topological polar surface area (TPSA) is 46.1 Å². The van der Waals surface area contributed by atoms with Crippen LogP contribution in [0, 0.1) is 25.5 Å². The molecule has 146 valence electrons. The van der Waals surface area contributed by atoms with Crippen LogP contribution in [0.1, 0.15) is 27.2 Å². The number of carbonyl (C=O) groups excluding carboxylic acids is 1. The summed E-state index contributed by atoms with van der Waals surface area (Å²) in [4.78, 5) is 23.6. The Morgan fingerprint density at radius 1 is 1.07 bits per heavy atom. The number of hydrogen-bond donors (Lipinski definition) is 0. The second-order valence-electron chi connectivity index (χ2n) is 6.69. The molecule has 0 fully saturated rings. The highest BCUT2D eigenvalue weighted by Crippen LogP contribution is 2.33. The number of hydrogen-bond acceptors (Lipinski definition) is 4. The standard InChI is InChI=1S/C22H17F2N3OS/c1-13-6-9-19-20(14(13)2)26-22(29-19)27(12-16-5-3-4-10-25-16)21(28)15-7-8-17(23)18(24)11-15/h3-11H,12H2,1-2H3. The van der Waals surface area contributed by atoms with Gasteiger partial charge >= 0.3 is 0 Å². The number of fused-ring (bicyclic) bond motifs is 1. The van der Waals surface area contributed by atoms with Gasteiger partial charge in [0.25, 0.3) is 5.91 Å². The van der Waals surface area contributed by atoms with Crippen molar-refractivity contribution < 1.29 is 13.6 Å². The maximum atomic E-state index is 13.7. The molecule has 2 heterocycles. The molecule has 0 aliphatic rings. The first-order valence-corrected chi connectivity index (χ1v) is 9.79. The number of nitrogens with zero attached hydrogens (tertiary/aromatic N) is 3. The van der Waals surface area contributed by atoms with Crippen molar-refractivity contribution in [2.24, 2.45) is 0 Å². The number of aromatic nitrogens is 2. The van der Waals surface area contributed by atoms with E-state index in [2.05, 4.69) is 9.97 Å². The van der Waals surface area contributed by atoms with Gasteiger partial charge in [0.05, 0.1) is 22.5 Å². The van der Waals surface area contributed by atoms with E-state index < -0.39 is 17.5 Å². The largest absolute Gasteiger partial charge is 0.278 e. The van der Waals surface area contributed by atoms with Crippen LogP contribution in [0.3, 0.4) is 0 Å². The van der Waals surface area contributed by atoms with E-state index in [1.54, 1.807) is 18.3 Å². The van der Waals surface area contributed by atoms with Crippen LogP contribution in [0.4, 0.5) is 13.9 Å². The van der Waals surface area contributed by atoms with Crippen LogP contribution in [0.2, 0.25) is 0 Å². The molecule has 0 aliphatic carbocycles. The fraction of sp³-hybridized carbons (Fsp3) is 0.136. The highest BCUT2D eigenvalue weighted by atomic mass is 32.1. The number of rotatable bonds is 4. The zero-order chi connectivity index (χ0) is 20.5. The fourth-order valence-corrected chi connectivity index (χ4v) is 4.02. The Kier molecular flexibility index (Phi) is 5.07. The molecule has 0 atom stereocenters. The zero-order valence-electron chi connectivity index (χ0n) is 15.8. The number of thiazole rings is 1. The highest BCUT2D eigenvalue weighted by molar-refractivity contribution is 7.22. The first kappa shape index (κ1) is 19.1. The summed E-state index contributed by atoms with van der Waals surface area (Å²) in [6, 6.07) is 12.5. The van der Waals surface area contributed by atoms with Crippen LogP contribution < -0.4 is 4.90 Å². The van der Waals surface area contributed by atoms with Crippen molar-refractivity contribution in [1.29, 1.82) is 0 Å². The first-order chi connectivity index (χ1) is 13.9. The van der Waals surface area contributed by atoms with Gasteiger partial charge in [0.2, 0.25) is 0 Å². The van der Waals surface area contributed by atoms with Crippen molar-refractivity contribution in [3.05, 3.63) is 88.7 Å². The van der Waals surface area contributed by atoms with E-state index in [9.17, 15) is 13.6 Å². The zero-order valence-corrected chi connectivity index (χ0v) is 16.6. The summed E-state index contributed by atoms with van der Waals surface area (Å²) < 4.78 is 28.0. The molecule has 2 aromatic heterocycles. The monoisotopic (exact) mass is 409 g/mol. The first-order valence-electron chi connectivity index (χ1n) is 8.97. The molecule has 0 unspecified atom stereocenters. The lowest BCUT2D eigenvalue weighted by atomic mass is 10.1. The summed E-state index contributed by atoms with van der Waals surface area (Å²) in [7, 11) is 0. The Balaban J connectivity index is 1.80. The summed E-state index contributed by atoms with van der Waals surface area (Å²) in [6.07, 6.45) is 1.64. The summed E-state index contributed by atoms with van der Waals surface area (Å²) in [5, 5.41) is 0.481. The average molecular weight is 409 g/mol. The lowest BCUT2D eigenvalue weighted by Crippen LogP contribution is -2.30. The summed E-state index contributed by atoms with van der Waals surface area (Å²) >= 11 is 1.38. The van der Waals surface area contributed by atoms with Gasteiger partial charge in [0.15, 0.2) is 16.8 Å². The number of benzene rings is 2. The lowest BCUT2D eigenvalue weighted by molar-refractivity contribution is 0.0984.